The van der Waals surface area contributed by atoms with E-state index >= 15 is 0 Å². The fraction of sp³-hybridized carbons (Fsp3) is 0.154. The maximum absolute atomic E-state index is 12.5. The van der Waals surface area contributed by atoms with Gasteiger partial charge in [-0.05, 0) is 77.3 Å². The number of aliphatic imine (C=N–C) groups is 1. The number of carbonyl (C=O) groups excluding carboxylic acids is 1. The van der Waals surface area contributed by atoms with Gasteiger partial charge in [-0.15, -0.1) is 0 Å². The summed E-state index contributed by atoms with van der Waals surface area (Å²) in [4.78, 5) is 17.5. The molecule has 0 aliphatic carbocycles. The van der Waals surface area contributed by atoms with Crippen molar-refractivity contribution in [3.05, 3.63) is 91.8 Å². The number of thioether (sulfide) groups is 1. The van der Waals surface area contributed by atoms with Crippen molar-refractivity contribution >= 4 is 62.1 Å². The Labute approximate surface area is 216 Å². The number of benzene rings is 3. The molecule has 1 aliphatic rings. The highest BCUT2D eigenvalue weighted by Gasteiger charge is 2.24. The molecule has 3 aromatic rings. The molecule has 8 heteroatoms. The highest BCUT2D eigenvalue weighted by molar-refractivity contribution is 9.10. The fourth-order valence-corrected chi connectivity index (χ4v) is 4.63. The van der Waals surface area contributed by atoms with Crippen molar-refractivity contribution in [2.75, 3.05) is 7.11 Å². The lowest BCUT2D eigenvalue weighted by Crippen LogP contribution is -2.19. The van der Waals surface area contributed by atoms with Crippen LogP contribution in [0.5, 0.6) is 11.5 Å². The molecule has 0 saturated carbocycles. The maximum Gasteiger partial charge on any atom is 0.264 e. The number of amides is 1. The smallest absolute Gasteiger partial charge is 0.264 e. The molecule has 34 heavy (non-hydrogen) atoms. The van der Waals surface area contributed by atoms with Crippen LogP contribution in [0.2, 0.25) is 5.02 Å². The monoisotopic (exact) mass is 556 g/mol. The molecule has 1 N–H and O–H groups in total. The molecule has 1 amide bonds. The first-order valence-electron chi connectivity index (χ1n) is 10.6. The Bertz CT molecular complexity index is 1260. The van der Waals surface area contributed by atoms with Crippen LogP contribution in [0.4, 0.5) is 5.69 Å². The van der Waals surface area contributed by atoms with Crippen molar-refractivity contribution in [1.29, 1.82) is 0 Å². The molecule has 1 heterocycles. The second-order valence-electron chi connectivity index (χ2n) is 7.45. The first kappa shape index (κ1) is 24.4. The van der Waals surface area contributed by atoms with E-state index in [1.54, 1.807) is 25.3 Å². The third-order valence-corrected chi connectivity index (χ3v) is 6.79. The van der Waals surface area contributed by atoms with Gasteiger partial charge in [0, 0.05) is 4.47 Å². The average Bonchev–Trinajstić information content (AvgIpc) is 3.17. The zero-order valence-corrected chi connectivity index (χ0v) is 21.8. The lowest BCUT2D eigenvalue weighted by molar-refractivity contribution is -0.115. The van der Waals surface area contributed by atoms with Crippen LogP contribution in [-0.2, 0) is 17.8 Å². The SMILES string of the molecule is CCc1ccc(N=C2NC(=O)/C(=C/c3cc(Cl)c(OCc4ccc(Br)cc4)c(OC)c3)S2)cc1. The van der Waals surface area contributed by atoms with E-state index in [0.717, 1.165) is 27.7 Å². The number of rotatable bonds is 7. The molecule has 0 radical (unpaired) electrons. The number of hydrogen-bond donors (Lipinski definition) is 1. The molecule has 0 aromatic heterocycles. The number of ether oxygens (including phenoxy) is 2. The normalized spacial score (nSPS) is 15.6. The van der Waals surface area contributed by atoms with Crippen LogP contribution >= 0.6 is 39.3 Å². The molecule has 0 spiro atoms. The number of aryl methyl sites for hydroxylation is 1. The summed E-state index contributed by atoms with van der Waals surface area (Å²) in [6.07, 6.45) is 2.73. The van der Waals surface area contributed by atoms with Gasteiger partial charge in [0.25, 0.3) is 5.91 Å². The highest BCUT2D eigenvalue weighted by Crippen LogP contribution is 2.38. The Hall–Kier alpha value is -2.74. The molecule has 1 aliphatic heterocycles. The predicted octanol–water partition coefficient (Wildman–Crippen LogP) is 7.14. The molecular formula is C26H22BrClN2O3S. The van der Waals surface area contributed by atoms with Crippen LogP contribution in [0.15, 0.2) is 75.0 Å². The number of nitrogens with one attached hydrogen (secondary N) is 1. The molecule has 1 saturated heterocycles. The quantitative estimate of drug-likeness (QED) is 0.314. The lowest BCUT2D eigenvalue weighted by Gasteiger charge is -2.13. The van der Waals surface area contributed by atoms with Gasteiger partial charge in [-0.3, -0.25) is 4.79 Å². The Morgan fingerprint density at radius 2 is 1.79 bits per heavy atom. The number of carbonyl (C=O) groups is 1. The van der Waals surface area contributed by atoms with Gasteiger partial charge in [0.15, 0.2) is 16.7 Å². The van der Waals surface area contributed by atoms with E-state index in [0.29, 0.717) is 33.2 Å². The van der Waals surface area contributed by atoms with Gasteiger partial charge in [0.05, 0.1) is 22.7 Å². The summed E-state index contributed by atoms with van der Waals surface area (Å²) in [6, 6.07) is 19.3. The summed E-state index contributed by atoms with van der Waals surface area (Å²) < 4.78 is 12.4. The Morgan fingerprint density at radius 3 is 2.47 bits per heavy atom. The van der Waals surface area contributed by atoms with Crippen LogP contribution in [0.25, 0.3) is 6.08 Å². The van der Waals surface area contributed by atoms with E-state index in [1.165, 1.54) is 17.3 Å². The molecule has 0 unspecified atom stereocenters. The van der Waals surface area contributed by atoms with Gasteiger partial charge in [0.1, 0.15) is 6.61 Å². The van der Waals surface area contributed by atoms with Crippen LogP contribution in [0, 0.1) is 0 Å². The summed E-state index contributed by atoms with van der Waals surface area (Å²) in [5, 5.41) is 3.75. The summed E-state index contributed by atoms with van der Waals surface area (Å²) in [7, 11) is 1.56. The summed E-state index contributed by atoms with van der Waals surface area (Å²) >= 11 is 11.2. The first-order chi connectivity index (χ1) is 16.4. The van der Waals surface area contributed by atoms with Gasteiger partial charge in [-0.2, -0.15) is 0 Å². The first-order valence-corrected chi connectivity index (χ1v) is 12.6. The number of halogens is 2. The van der Waals surface area contributed by atoms with Crippen LogP contribution in [0.1, 0.15) is 23.6 Å². The van der Waals surface area contributed by atoms with Crippen molar-refractivity contribution in [2.45, 2.75) is 20.0 Å². The largest absolute Gasteiger partial charge is 0.493 e. The fourth-order valence-electron chi connectivity index (χ4n) is 3.25. The van der Waals surface area contributed by atoms with E-state index in [-0.39, 0.29) is 5.91 Å². The minimum atomic E-state index is -0.209. The second-order valence-corrected chi connectivity index (χ2v) is 9.80. The summed E-state index contributed by atoms with van der Waals surface area (Å²) in [6.45, 7) is 2.45. The predicted molar refractivity (Wildman–Crippen MR) is 143 cm³/mol. The second kappa shape index (κ2) is 11.1. The Morgan fingerprint density at radius 1 is 1.09 bits per heavy atom. The van der Waals surface area contributed by atoms with Gasteiger partial charge in [-0.1, -0.05) is 58.7 Å². The number of amidine groups is 1. The average molecular weight is 558 g/mol. The van der Waals surface area contributed by atoms with Crippen molar-refractivity contribution in [3.63, 3.8) is 0 Å². The van der Waals surface area contributed by atoms with Gasteiger partial charge < -0.3 is 14.8 Å². The third-order valence-electron chi connectivity index (χ3n) is 5.07. The molecule has 3 aromatic carbocycles. The van der Waals surface area contributed by atoms with Gasteiger partial charge >= 0.3 is 0 Å². The van der Waals surface area contributed by atoms with E-state index in [9.17, 15) is 4.79 Å². The zero-order valence-electron chi connectivity index (χ0n) is 18.6. The zero-order chi connectivity index (χ0) is 24.1. The van der Waals surface area contributed by atoms with Crippen molar-refractivity contribution in [1.82, 2.24) is 5.32 Å². The topological polar surface area (TPSA) is 59.9 Å². The molecule has 0 atom stereocenters. The third kappa shape index (κ3) is 6.03. The van der Waals surface area contributed by atoms with Gasteiger partial charge in [-0.25, -0.2) is 4.99 Å². The number of nitrogens with zero attached hydrogens (tertiary/aromatic N) is 1. The van der Waals surface area contributed by atoms with Crippen molar-refractivity contribution in [3.8, 4) is 11.5 Å². The van der Waals surface area contributed by atoms with Crippen molar-refractivity contribution < 1.29 is 14.3 Å². The van der Waals surface area contributed by atoms with E-state index < -0.39 is 0 Å². The van der Waals surface area contributed by atoms with Crippen molar-refractivity contribution in [2.24, 2.45) is 4.99 Å². The standard InChI is InChI=1S/C26H22BrClN2O3S/c1-3-16-6-10-20(11-7-16)29-26-30-25(31)23(34-26)14-18-12-21(28)24(22(13-18)32-2)33-15-17-4-8-19(27)9-5-17/h4-14H,3,15H2,1-2H3,(H,29,30,31)/b23-14-. The van der Waals surface area contributed by atoms with Crippen LogP contribution in [-0.4, -0.2) is 18.2 Å². The van der Waals surface area contributed by atoms with Gasteiger partial charge in [0.2, 0.25) is 0 Å². The Balaban J connectivity index is 1.51. The Kier molecular flexibility index (Phi) is 7.98. The van der Waals surface area contributed by atoms with Crippen LogP contribution in [0.3, 0.4) is 0 Å². The highest BCUT2D eigenvalue weighted by atomic mass is 79.9. The molecule has 5 nitrogen and oxygen atoms in total. The molecule has 1 fully saturated rings. The summed E-state index contributed by atoms with van der Waals surface area (Å²) in [5.41, 5.74) is 3.76. The van der Waals surface area contributed by atoms with Crippen LogP contribution < -0.4 is 14.8 Å². The number of hydrogen-bond acceptors (Lipinski definition) is 5. The molecule has 174 valence electrons. The molecular weight excluding hydrogens is 536 g/mol. The number of methoxy groups -OCH3 is 1. The van der Waals surface area contributed by atoms with E-state index in [4.69, 9.17) is 21.1 Å². The minimum Gasteiger partial charge on any atom is -0.493 e. The minimum absolute atomic E-state index is 0.209. The summed E-state index contributed by atoms with van der Waals surface area (Å²) in [5.74, 6) is 0.736. The van der Waals surface area contributed by atoms with E-state index in [1.807, 2.05) is 48.5 Å². The lowest BCUT2D eigenvalue weighted by atomic mass is 10.1. The molecule has 0 bridgehead atoms. The maximum atomic E-state index is 12.5. The van der Waals surface area contributed by atoms with E-state index in [2.05, 4.69) is 33.2 Å². The molecule has 4 rings (SSSR count).